The standard InChI is InChI=1S/C22H24B2Br2N2O8/c25-16-7-12(5-14(9-16)23(33)34)21(31)27-18-3-1-2-4-19(18)28(11-20(29)30)22(32)13-6-15(24(35)36)10-17(26)8-13/h5-10,18-19,33-36H,1-4,11H2,(H,27,31)(H,29,30). The highest BCUT2D eigenvalue weighted by Crippen LogP contribution is 2.26. The molecule has 0 bridgehead atoms. The van der Waals surface area contributed by atoms with Crippen LogP contribution >= 0.6 is 31.9 Å². The molecule has 10 nitrogen and oxygen atoms in total. The lowest BCUT2D eigenvalue weighted by Crippen LogP contribution is -2.56. The van der Waals surface area contributed by atoms with Crippen LogP contribution in [0.3, 0.4) is 0 Å². The molecule has 1 saturated carbocycles. The van der Waals surface area contributed by atoms with Gasteiger partial charge in [0.15, 0.2) is 0 Å². The van der Waals surface area contributed by atoms with E-state index in [1.807, 2.05) is 0 Å². The highest BCUT2D eigenvalue weighted by molar-refractivity contribution is 9.10. The number of carboxylic acids is 1. The molecule has 2 atom stereocenters. The molecule has 2 aromatic carbocycles. The highest BCUT2D eigenvalue weighted by Gasteiger charge is 2.36. The maximum Gasteiger partial charge on any atom is 0.488 e. The van der Waals surface area contributed by atoms with Gasteiger partial charge in [-0.1, -0.05) is 44.7 Å². The number of amides is 2. The molecule has 6 N–H and O–H groups in total. The summed E-state index contributed by atoms with van der Waals surface area (Å²) in [5, 5.41) is 50.5. The Balaban J connectivity index is 1.91. The Kier molecular flexibility index (Phi) is 9.72. The van der Waals surface area contributed by atoms with E-state index in [0.717, 1.165) is 12.8 Å². The number of aliphatic carboxylic acids is 1. The molecular weight excluding hydrogens is 602 g/mol. The molecule has 0 saturated heterocycles. The number of carboxylic acid groups (broad SMARTS) is 1. The molecule has 0 aromatic heterocycles. The van der Waals surface area contributed by atoms with Gasteiger partial charge in [0.05, 0.1) is 6.04 Å². The molecule has 1 fully saturated rings. The molecule has 2 unspecified atom stereocenters. The quantitative estimate of drug-likeness (QED) is 0.220. The smallest absolute Gasteiger partial charge is 0.480 e. The van der Waals surface area contributed by atoms with Crippen molar-refractivity contribution in [2.75, 3.05) is 6.54 Å². The van der Waals surface area contributed by atoms with E-state index in [-0.39, 0.29) is 22.1 Å². The molecule has 1 aliphatic rings. The number of nitrogens with zero attached hydrogens (tertiary/aromatic N) is 1. The van der Waals surface area contributed by atoms with Crippen molar-refractivity contribution < 1.29 is 39.6 Å². The average molecular weight is 626 g/mol. The van der Waals surface area contributed by atoms with Gasteiger partial charge in [-0.15, -0.1) is 0 Å². The minimum absolute atomic E-state index is 0.0630. The van der Waals surface area contributed by atoms with Crippen molar-refractivity contribution in [2.45, 2.75) is 37.8 Å². The Morgan fingerprint density at radius 1 is 0.861 bits per heavy atom. The Bertz CT molecular complexity index is 1150. The Morgan fingerprint density at radius 2 is 1.39 bits per heavy atom. The lowest BCUT2D eigenvalue weighted by atomic mass is 9.79. The summed E-state index contributed by atoms with van der Waals surface area (Å²) < 4.78 is 0.884. The average Bonchev–Trinajstić information content (AvgIpc) is 2.81. The van der Waals surface area contributed by atoms with Gasteiger partial charge in [-0.25, -0.2) is 0 Å². The third kappa shape index (κ3) is 7.17. The van der Waals surface area contributed by atoms with Gasteiger partial charge >= 0.3 is 20.2 Å². The second-order valence-electron chi connectivity index (χ2n) is 8.55. The third-order valence-corrected chi connectivity index (χ3v) is 6.87. The first-order valence-corrected chi connectivity index (χ1v) is 12.7. The summed E-state index contributed by atoms with van der Waals surface area (Å²) in [5.41, 5.74) is 0.418. The molecule has 2 amide bonds. The molecule has 14 heteroatoms. The van der Waals surface area contributed by atoms with E-state index in [1.54, 1.807) is 0 Å². The van der Waals surface area contributed by atoms with Crippen LogP contribution in [-0.4, -0.2) is 80.8 Å². The van der Waals surface area contributed by atoms with Crippen molar-refractivity contribution in [3.63, 3.8) is 0 Å². The Hall–Kier alpha value is -2.22. The summed E-state index contributed by atoms with van der Waals surface area (Å²) in [6.45, 7) is -0.614. The minimum Gasteiger partial charge on any atom is -0.480 e. The van der Waals surface area contributed by atoms with Crippen LogP contribution in [-0.2, 0) is 4.79 Å². The zero-order valence-electron chi connectivity index (χ0n) is 19.0. The summed E-state index contributed by atoms with van der Waals surface area (Å²) in [7, 11) is -3.59. The minimum atomic E-state index is -1.82. The predicted octanol–water partition coefficient (Wildman–Crippen LogP) is -0.161. The van der Waals surface area contributed by atoms with E-state index in [4.69, 9.17) is 0 Å². The molecule has 1 aliphatic carbocycles. The number of hydrogen-bond acceptors (Lipinski definition) is 7. The van der Waals surface area contributed by atoms with Crippen LogP contribution in [0, 0.1) is 0 Å². The van der Waals surface area contributed by atoms with Crippen molar-refractivity contribution in [3.05, 3.63) is 56.5 Å². The highest BCUT2D eigenvalue weighted by atomic mass is 79.9. The fraction of sp³-hybridized carbons (Fsp3) is 0.318. The van der Waals surface area contributed by atoms with Crippen molar-refractivity contribution in [1.29, 1.82) is 0 Å². The van der Waals surface area contributed by atoms with Gasteiger partial charge in [-0.2, -0.15) is 0 Å². The summed E-state index contributed by atoms with van der Waals surface area (Å²) in [5.74, 6) is -2.36. The summed E-state index contributed by atoms with van der Waals surface area (Å²) >= 11 is 6.48. The van der Waals surface area contributed by atoms with E-state index < -0.39 is 50.6 Å². The van der Waals surface area contributed by atoms with Crippen molar-refractivity contribution in [1.82, 2.24) is 10.2 Å². The van der Waals surface area contributed by atoms with Crippen molar-refractivity contribution >= 4 is 74.8 Å². The lowest BCUT2D eigenvalue weighted by molar-refractivity contribution is -0.138. The second-order valence-corrected chi connectivity index (χ2v) is 10.4. The number of nitrogens with one attached hydrogen (secondary N) is 1. The van der Waals surface area contributed by atoms with Crippen LogP contribution in [0.15, 0.2) is 45.3 Å². The van der Waals surface area contributed by atoms with Gasteiger partial charge < -0.3 is 35.4 Å². The summed E-state index contributed by atoms with van der Waals surface area (Å²) in [4.78, 5) is 39.4. The van der Waals surface area contributed by atoms with Crippen LogP contribution in [0.2, 0.25) is 0 Å². The van der Waals surface area contributed by atoms with Crippen molar-refractivity contribution in [2.24, 2.45) is 0 Å². The largest absolute Gasteiger partial charge is 0.488 e. The van der Waals surface area contributed by atoms with Gasteiger partial charge in [0, 0.05) is 26.1 Å². The third-order valence-electron chi connectivity index (χ3n) is 5.96. The molecule has 0 aliphatic heterocycles. The maximum absolute atomic E-state index is 13.5. The van der Waals surface area contributed by atoms with E-state index in [0.29, 0.717) is 21.8 Å². The summed E-state index contributed by atoms with van der Waals surface area (Å²) in [6.07, 6.45) is 2.43. The lowest BCUT2D eigenvalue weighted by Gasteiger charge is -2.39. The van der Waals surface area contributed by atoms with Crippen LogP contribution < -0.4 is 16.2 Å². The Morgan fingerprint density at radius 3 is 1.94 bits per heavy atom. The Labute approximate surface area is 224 Å². The fourth-order valence-electron chi connectivity index (χ4n) is 4.33. The molecule has 2 aromatic rings. The SMILES string of the molecule is O=C(O)CN(C(=O)c1cc(Br)cc(B(O)O)c1)C1CCCCC1NC(=O)c1cc(Br)cc(B(O)O)c1. The molecule has 0 radical (unpaired) electrons. The van der Waals surface area contributed by atoms with Gasteiger partial charge in [0.2, 0.25) is 0 Å². The van der Waals surface area contributed by atoms with E-state index in [2.05, 4.69) is 37.2 Å². The van der Waals surface area contributed by atoms with Crippen LogP contribution in [0.1, 0.15) is 46.4 Å². The van der Waals surface area contributed by atoms with Crippen molar-refractivity contribution in [3.8, 4) is 0 Å². The molecule has 3 rings (SSSR count). The number of hydrogen-bond donors (Lipinski definition) is 6. The fourth-order valence-corrected chi connectivity index (χ4v) is 5.35. The normalized spacial score (nSPS) is 17.3. The monoisotopic (exact) mass is 624 g/mol. The number of carbonyl (C=O) groups is 3. The molecule has 0 spiro atoms. The van der Waals surface area contributed by atoms with Gasteiger partial charge in [0.1, 0.15) is 6.54 Å². The number of benzene rings is 2. The van der Waals surface area contributed by atoms with Crippen LogP contribution in [0.25, 0.3) is 0 Å². The number of carbonyl (C=O) groups excluding carboxylic acids is 2. The zero-order valence-corrected chi connectivity index (χ0v) is 22.1. The van der Waals surface area contributed by atoms with E-state index in [9.17, 15) is 39.6 Å². The summed E-state index contributed by atoms with van der Waals surface area (Å²) in [6, 6.07) is 7.30. The van der Waals surface area contributed by atoms with E-state index in [1.165, 1.54) is 41.3 Å². The second kappa shape index (κ2) is 12.3. The molecule has 0 heterocycles. The molecule has 36 heavy (non-hydrogen) atoms. The van der Waals surface area contributed by atoms with Crippen LogP contribution in [0.4, 0.5) is 0 Å². The zero-order chi connectivity index (χ0) is 26.6. The first-order valence-electron chi connectivity index (χ1n) is 11.1. The predicted molar refractivity (Wildman–Crippen MR) is 140 cm³/mol. The maximum atomic E-state index is 13.5. The van der Waals surface area contributed by atoms with Crippen LogP contribution in [0.5, 0.6) is 0 Å². The van der Waals surface area contributed by atoms with Gasteiger partial charge in [0.25, 0.3) is 11.8 Å². The first-order chi connectivity index (χ1) is 17.0. The number of halogens is 2. The topological polar surface area (TPSA) is 168 Å². The van der Waals surface area contributed by atoms with Gasteiger partial charge in [-0.3, -0.25) is 14.4 Å². The molecule has 190 valence electrons. The molecular formula is C22H24B2Br2N2O8. The first kappa shape index (κ1) is 28.4. The number of rotatable bonds is 8. The van der Waals surface area contributed by atoms with E-state index >= 15 is 0 Å². The van der Waals surface area contributed by atoms with Gasteiger partial charge in [-0.05, 0) is 60.2 Å².